The third-order valence-electron chi connectivity index (χ3n) is 2.16. The Labute approximate surface area is 110 Å². The maximum absolute atomic E-state index is 11.5. The van der Waals surface area contributed by atoms with Crippen molar-refractivity contribution in [2.45, 2.75) is 12.3 Å². The Hall–Kier alpha value is -1.75. The highest BCUT2D eigenvalue weighted by atomic mass is 35.5. The molecular weight excluding hydrogens is 256 g/mol. The number of alkyl halides is 1. The van der Waals surface area contributed by atoms with E-state index < -0.39 is 5.38 Å². The van der Waals surface area contributed by atoms with E-state index in [0.717, 1.165) is 0 Å². The number of anilines is 1. The minimum atomic E-state index is -0.654. The second-order valence-electron chi connectivity index (χ2n) is 3.61. The molecule has 5 nitrogen and oxygen atoms in total. The fourth-order valence-electron chi connectivity index (χ4n) is 1.19. The lowest BCUT2D eigenvalue weighted by atomic mass is 10.3. The fourth-order valence-corrected chi connectivity index (χ4v) is 1.26. The van der Waals surface area contributed by atoms with Crippen LogP contribution in [0.25, 0.3) is 0 Å². The summed E-state index contributed by atoms with van der Waals surface area (Å²) in [6.45, 7) is 1.43. The third kappa shape index (κ3) is 4.63. The molecule has 0 heterocycles. The van der Waals surface area contributed by atoms with Crippen LogP contribution in [0.5, 0.6) is 5.75 Å². The maximum Gasteiger partial charge on any atom is 0.243 e. The van der Waals surface area contributed by atoms with Crippen molar-refractivity contribution in [3.63, 3.8) is 0 Å². The van der Waals surface area contributed by atoms with Crippen LogP contribution in [0, 0.1) is 0 Å². The normalized spacial score (nSPS) is 11.5. The van der Waals surface area contributed by atoms with Gasteiger partial charge in [-0.25, -0.2) is 0 Å². The first-order valence-electron chi connectivity index (χ1n) is 5.38. The van der Waals surface area contributed by atoms with Gasteiger partial charge < -0.3 is 15.4 Å². The lowest BCUT2D eigenvalue weighted by Crippen LogP contribution is -2.36. The topological polar surface area (TPSA) is 67.4 Å². The molecule has 0 aliphatic heterocycles. The maximum atomic E-state index is 11.5. The summed E-state index contributed by atoms with van der Waals surface area (Å²) in [4.78, 5) is 22.6. The summed E-state index contributed by atoms with van der Waals surface area (Å²) in [6.07, 6.45) is 0. The van der Waals surface area contributed by atoms with Crippen LogP contribution in [-0.2, 0) is 9.59 Å². The Kier molecular flexibility index (Phi) is 5.45. The zero-order chi connectivity index (χ0) is 13.5. The van der Waals surface area contributed by atoms with E-state index in [1.54, 1.807) is 31.4 Å². The molecule has 0 aromatic heterocycles. The molecule has 0 radical (unpaired) electrons. The molecule has 0 saturated carbocycles. The SMILES string of the molecule is COc1ccc(NC(=O)CNC(=O)C(C)Cl)cc1. The first kappa shape index (κ1) is 14.3. The van der Waals surface area contributed by atoms with Gasteiger partial charge in [-0.2, -0.15) is 0 Å². The molecule has 6 heteroatoms. The third-order valence-corrected chi connectivity index (χ3v) is 2.36. The second kappa shape index (κ2) is 6.86. The quantitative estimate of drug-likeness (QED) is 0.795. The number of carbonyl (C=O) groups excluding carboxylic acids is 2. The number of methoxy groups -OCH3 is 1. The number of hydrogen-bond acceptors (Lipinski definition) is 3. The predicted molar refractivity (Wildman–Crippen MR) is 69.9 cm³/mol. The highest BCUT2D eigenvalue weighted by molar-refractivity contribution is 6.30. The van der Waals surface area contributed by atoms with E-state index in [0.29, 0.717) is 11.4 Å². The van der Waals surface area contributed by atoms with Crippen molar-refractivity contribution in [1.82, 2.24) is 5.32 Å². The molecule has 1 aromatic rings. The van der Waals surface area contributed by atoms with E-state index in [1.165, 1.54) is 6.92 Å². The van der Waals surface area contributed by atoms with Crippen LogP contribution in [0.2, 0.25) is 0 Å². The minimum absolute atomic E-state index is 0.109. The molecule has 1 aromatic carbocycles. The highest BCUT2D eigenvalue weighted by Crippen LogP contribution is 2.14. The molecular formula is C12H15ClN2O3. The second-order valence-corrected chi connectivity index (χ2v) is 4.27. The largest absolute Gasteiger partial charge is 0.497 e. The number of carbonyl (C=O) groups is 2. The molecule has 0 bridgehead atoms. The summed E-state index contributed by atoms with van der Waals surface area (Å²) in [7, 11) is 1.57. The molecule has 0 aliphatic rings. The lowest BCUT2D eigenvalue weighted by molar-refractivity contribution is -0.123. The molecule has 0 saturated heterocycles. The monoisotopic (exact) mass is 270 g/mol. The Morgan fingerprint density at radius 2 is 1.94 bits per heavy atom. The van der Waals surface area contributed by atoms with Gasteiger partial charge in [0.25, 0.3) is 0 Å². The van der Waals surface area contributed by atoms with Gasteiger partial charge in [-0.3, -0.25) is 9.59 Å². The first-order valence-corrected chi connectivity index (χ1v) is 5.82. The van der Waals surface area contributed by atoms with Crippen molar-refractivity contribution in [3.8, 4) is 5.75 Å². The average Bonchev–Trinajstić information content (AvgIpc) is 2.36. The predicted octanol–water partition coefficient (Wildman–Crippen LogP) is 1.38. The summed E-state index contributed by atoms with van der Waals surface area (Å²) < 4.78 is 5.00. The summed E-state index contributed by atoms with van der Waals surface area (Å²) in [5.74, 6) is 0.0182. The molecule has 0 fully saturated rings. The van der Waals surface area contributed by atoms with Crippen molar-refractivity contribution in [3.05, 3.63) is 24.3 Å². The van der Waals surface area contributed by atoms with Crippen LogP contribution >= 0.6 is 11.6 Å². The van der Waals surface area contributed by atoms with Crippen LogP contribution in [0.1, 0.15) is 6.92 Å². The summed E-state index contributed by atoms with van der Waals surface area (Å²) in [6, 6.07) is 6.88. The summed E-state index contributed by atoms with van der Waals surface area (Å²) >= 11 is 5.55. The number of hydrogen-bond donors (Lipinski definition) is 2. The number of amides is 2. The number of ether oxygens (including phenoxy) is 1. The van der Waals surface area contributed by atoms with Crippen LogP contribution in [-0.4, -0.2) is 30.8 Å². The Morgan fingerprint density at radius 1 is 1.33 bits per heavy atom. The fraction of sp³-hybridized carbons (Fsp3) is 0.333. The molecule has 1 rings (SSSR count). The standard InChI is InChI=1S/C12H15ClN2O3/c1-8(13)12(17)14-7-11(16)15-9-3-5-10(18-2)6-4-9/h3-6,8H,7H2,1-2H3,(H,14,17)(H,15,16). The van der Waals surface area contributed by atoms with Gasteiger partial charge >= 0.3 is 0 Å². The van der Waals surface area contributed by atoms with Gasteiger partial charge in [-0.05, 0) is 31.2 Å². The molecule has 18 heavy (non-hydrogen) atoms. The lowest BCUT2D eigenvalue weighted by Gasteiger charge is -2.08. The van der Waals surface area contributed by atoms with E-state index in [9.17, 15) is 9.59 Å². The van der Waals surface area contributed by atoms with E-state index >= 15 is 0 Å². The molecule has 2 N–H and O–H groups in total. The molecule has 2 amide bonds. The van der Waals surface area contributed by atoms with Crippen molar-refractivity contribution in [2.24, 2.45) is 0 Å². The van der Waals surface area contributed by atoms with Crippen molar-refractivity contribution >= 4 is 29.1 Å². The van der Waals surface area contributed by atoms with Crippen LogP contribution in [0.4, 0.5) is 5.69 Å². The van der Waals surface area contributed by atoms with Gasteiger partial charge in [-0.15, -0.1) is 11.6 Å². The zero-order valence-electron chi connectivity index (χ0n) is 10.2. The summed E-state index contributed by atoms with van der Waals surface area (Å²) in [5.41, 5.74) is 0.633. The highest BCUT2D eigenvalue weighted by Gasteiger charge is 2.10. The Balaban J connectivity index is 2.42. The number of halogens is 1. The van der Waals surface area contributed by atoms with Crippen LogP contribution < -0.4 is 15.4 Å². The molecule has 98 valence electrons. The number of benzene rings is 1. The summed E-state index contributed by atoms with van der Waals surface area (Å²) in [5, 5.41) is 4.40. The van der Waals surface area contributed by atoms with Crippen molar-refractivity contribution in [2.75, 3.05) is 19.0 Å². The molecule has 1 unspecified atom stereocenters. The van der Waals surface area contributed by atoms with Crippen LogP contribution in [0.3, 0.4) is 0 Å². The van der Waals surface area contributed by atoms with Gasteiger partial charge in [0.15, 0.2) is 0 Å². The van der Waals surface area contributed by atoms with E-state index in [4.69, 9.17) is 16.3 Å². The molecule has 0 spiro atoms. The van der Waals surface area contributed by atoms with E-state index in [1.807, 2.05) is 0 Å². The van der Waals surface area contributed by atoms with Gasteiger partial charge in [0.2, 0.25) is 11.8 Å². The van der Waals surface area contributed by atoms with Crippen molar-refractivity contribution in [1.29, 1.82) is 0 Å². The van der Waals surface area contributed by atoms with Gasteiger partial charge in [0, 0.05) is 5.69 Å². The van der Waals surface area contributed by atoms with Crippen LogP contribution in [0.15, 0.2) is 24.3 Å². The minimum Gasteiger partial charge on any atom is -0.497 e. The zero-order valence-corrected chi connectivity index (χ0v) is 11.0. The first-order chi connectivity index (χ1) is 8.52. The van der Waals surface area contributed by atoms with Gasteiger partial charge in [-0.1, -0.05) is 0 Å². The van der Waals surface area contributed by atoms with E-state index in [-0.39, 0.29) is 18.4 Å². The number of nitrogens with one attached hydrogen (secondary N) is 2. The van der Waals surface area contributed by atoms with Crippen molar-refractivity contribution < 1.29 is 14.3 Å². The average molecular weight is 271 g/mol. The smallest absolute Gasteiger partial charge is 0.243 e. The molecule has 0 aliphatic carbocycles. The molecule has 1 atom stereocenters. The Bertz CT molecular complexity index is 418. The van der Waals surface area contributed by atoms with Gasteiger partial charge in [0.05, 0.1) is 13.7 Å². The Morgan fingerprint density at radius 3 is 2.44 bits per heavy atom. The number of rotatable bonds is 5. The van der Waals surface area contributed by atoms with E-state index in [2.05, 4.69) is 10.6 Å². The van der Waals surface area contributed by atoms with Gasteiger partial charge in [0.1, 0.15) is 11.1 Å².